The number of carbonyl (C=O) groups excluding carboxylic acids is 1. The van der Waals surface area contributed by atoms with Gasteiger partial charge >= 0.3 is 0 Å². The Morgan fingerprint density at radius 3 is 2.67 bits per heavy atom. The molecule has 0 atom stereocenters. The Labute approximate surface area is 200 Å². The highest BCUT2D eigenvalue weighted by Crippen LogP contribution is 2.46. The maximum Gasteiger partial charge on any atom is 0.249 e. The van der Waals surface area contributed by atoms with Crippen molar-refractivity contribution in [1.29, 1.82) is 0 Å². The van der Waals surface area contributed by atoms with E-state index in [1.54, 1.807) is 49.0 Å². The number of benzene rings is 2. The number of para-hydroxylation sites is 1. The van der Waals surface area contributed by atoms with Crippen molar-refractivity contribution in [3.8, 4) is 22.1 Å². The van der Waals surface area contributed by atoms with Gasteiger partial charge in [-0.3, -0.25) is 4.79 Å². The van der Waals surface area contributed by atoms with E-state index in [1.807, 2.05) is 36.4 Å². The number of carbonyl (C=O) groups is 1. The predicted octanol–water partition coefficient (Wildman–Crippen LogP) is 6.57. The highest BCUT2D eigenvalue weighted by molar-refractivity contribution is 7.23. The van der Waals surface area contributed by atoms with Gasteiger partial charge in [0.15, 0.2) is 11.5 Å². The number of anilines is 1. The summed E-state index contributed by atoms with van der Waals surface area (Å²) in [6.45, 7) is 0. The number of aromatic nitrogens is 1. The van der Waals surface area contributed by atoms with Gasteiger partial charge in [0.1, 0.15) is 10.0 Å². The minimum absolute atomic E-state index is 0.161. The molecule has 1 aliphatic carbocycles. The van der Waals surface area contributed by atoms with Gasteiger partial charge < -0.3 is 14.8 Å². The van der Waals surface area contributed by atoms with Gasteiger partial charge in [-0.2, -0.15) is 0 Å². The summed E-state index contributed by atoms with van der Waals surface area (Å²) in [7, 11) is 3.20. The first kappa shape index (κ1) is 21.7. The van der Waals surface area contributed by atoms with E-state index in [4.69, 9.17) is 14.5 Å². The molecule has 5 rings (SSSR count). The first-order valence-corrected chi connectivity index (χ1v) is 12.5. The molecule has 0 saturated heterocycles. The summed E-state index contributed by atoms with van der Waals surface area (Å²) in [5.41, 5.74) is 4.31. The predicted molar refractivity (Wildman–Crippen MR) is 137 cm³/mol. The highest BCUT2D eigenvalue weighted by Gasteiger charge is 2.24. The van der Waals surface area contributed by atoms with Crippen LogP contribution in [0.2, 0.25) is 0 Å². The number of nitrogens with zero attached hydrogens (tertiary/aromatic N) is 1. The highest BCUT2D eigenvalue weighted by atomic mass is 32.1. The molecule has 1 N–H and O–H groups in total. The number of ether oxygens (including phenoxy) is 2. The number of thiophene rings is 1. The van der Waals surface area contributed by atoms with Crippen LogP contribution in [0.25, 0.3) is 26.9 Å². The molecular formula is C26H24N2O3S2. The normalized spacial score (nSPS) is 13.3. The summed E-state index contributed by atoms with van der Waals surface area (Å²) in [5, 5.41) is 5.01. The molecule has 0 spiro atoms. The van der Waals surface area contributed by atoms with Crippen molar-refractivity contribution in [3.63, 3.8) is 0 Å². The molecule has 7 heteroatoms. The third-order valence-electron chi connectivity index (χ3n) is 5.75. The maximum atomic E-state index is 12.9. The number of fused-ring (bicyclic) bond motifs is 2. The summed E-state index contributed by atoms with van der Waals surface area (Å²) in [6.07, 6.45) is 7.81. The quantitative estimate of drug-likeness (QED) is 0.320. The number of hydrogen-bond donors (Lipinski definition) is 1. The van der Waals surface area contributed by atoms with E-state index < -0.39 is 0 Å². The fourth-order valence-corrected chi connectivity index (χ4v) is 6.54. The van der Waals surface area contributed by atoms with E-state index in [0.29, 0.717) is 11.5 Å². The van der Waals surface area contributed by atoms with E-state index in [1.165, 1.54) is 23.3 Å². The number of rotatable bonds is 6. The van der Waals surface area contributed by atoms with Gasteiger partial charge in [-0.15, -0.1) is 22.7 Å². The standard InChI is InChI=1S/C26H24N2O3S2/c1-30-19-13-11-16(15-20(19)31-2)12-14-23(29)28-26-24(17-7-3-5-9-21(17)32-26)25-27-18-8-4-6-10-22(18)33-25/h4,6,8,10-15H,3,5,7,9H2,1-2H3,(H,28,29). The van der Waals surface area contributed by atoms with Gasteiger partial charge in [0.05, 0.1) is 24.4 Å². The first-order valence-electron chi connectivity index (χ1n) is 10.9. The molecule has 168 valence electrons. The zero-order chi connectivity index (χ0) is 22.8. The van der Waals surface area contributed by atoms with E-state index in [0.717, 1.165) is 44.2 Å². The molecule has 0 fully saturated rings. The van der Waals surface area contributed by atoms with Crippen LogP contribution < -0.4 is 14.8 Å². The van der Waals surface area contributed by atoms with Crippen LogP contribution in [0.1, 0.15) is 28.8 Å². The maximum absolute atomic E-state index is 12.9. The van der Waals surface area contributed by atoms with Crippen molar-refractivity contribution in [3.05, 3.63) is 64.5 Å². The lowest BCUT2D eigenvalue weighted by atomic mass is 9.96. The Hall–Kier alpha value is -3.16. The van der Waals surface area contributed by atoms with Gasteiger partial charge in [0.25, 0.3) is 0 Å². The summed E-state index contributed by atoms with van der Waals surface area (Å²) in [4.78, 5) is 19.1. The Morgan fingerprint density at radius 2 is 1.85 bits per heavy atom. The van der Waals surface area contributed by atoms with Crippen molar-refractivity contribution >= 4 is 49.9 Å². The molecule has 33 heavy (non-hydrogen) atoms. The van der Waals surface area contributed by atoms with Crippen molar-refractivity contribution in [2.75, 3.05) is 19.5 Å². The molecule has 0 radical (unpaired) electrons. The molecule has 5 nitrogen and oxygen atoms in total. The second kappa shape index (κ2) is 9.37. The smallest absolute Gasteiger partial charge is 0.249 e. The van der Waals surface area contributed by atoms with Crippen molar-refractivity contribution in [2.45, 2.75) is 25.7 Å². The second-order valence-electron chi connectivity index (χ2n) is 7.84. The molecule has 0 saturated carbocycles. The summed E-state index contributed by atoms with van der Waals surface area (Å²) in [5.74, 6) is 1.12. The van der Waals surface area contributed by atoms with E-state index in [9.17, 15) is 4.79 Å². The van der Waals surface area contributed by atoms with E-state index in [2.05, 4.69) is 11.4 Å². The number of aryl methyl sites for hydroxylation is 1. The summed E-state index contributed by atoms with van der Waals surface area (Å²) in [6, 6.07) is 13.7. The SMILES string of the molecule is COc1ccc(C=CC(=O)Nc2sc3c(c2-c2nc4ccccc4s2)CCCC3)cc1OC. The van der Waals surface area contributed by atoms with E-state index in [-0.39, 0.29) is 5.91 Å². The van der Waals surface area contributed by atoms with Gasteiger partial charge in [0.2, 0.25) is 5.91 Å². The minimum Gasteiger partial charge on any atom is -0.493 e. The van der Waals surface area contributed by atoms with Gasteiger partial charge in [0, 0.05) is 16.5 Å². The van der Waals surface area contributed by atoms with Crippen LogP contribution in [0.15, 0.2) is 48.5 Å². The lowest BCUT2D eigenvalue weighted by molar-refractivity contribution is -0.111. The average Bonchev–Trinajstić information content (AvgIpc) is 3.43. The fraction of sp³-hybridized carbons (Fsp3) is 0.231. The second-order valence-corrected chi connectivity index (χ2v) is 9.97. The Kier molecular flexibility index (Phi) is 6.15. The molecular weight excluding hydrogens is 452 g/mol. The lowest BCUT2D eigenvalue weighted by Crippen LogP contribution is -2.07. The average molecular weight is 477 g/mol. The number of methoxy groups -OCH3 is 2. The van der Waals surface area contributed by atoms with Crippen LogP contribution in [0.3, 0.4) is 0 Å². The Balaban J connectivity index is 1.44. The molecule has 2 aromatic carbocycles. The zero-order valence-corrected chi connectivity index (χ0v) is 20.1. The fourth-order valence-electron chi connectivity index (χ4n) is 4.14. The van der Waals surface area contributed by atoms with Crippen molar-refractivity contribution in [1.82, 2.24) is 4.98 Å². The van der Waals surface area contributed by atoms with Gasteiger partial charge in [-0.05, 0) is 67.2 Å². The van der Waals surface area contributed by atoms with Crippen LogP contribution in [0.5, 0.6) is 11.5 Å². The lowest BCUT2D eigenvalue weighted by Gasteiger charge is -2.11. The van der Waals surface area contributed by atoms with Crippen LogP contribution in [-0.4, -0.2) is 25.1 Å². The topological polar surface area (TPSA) is 60.5 Å². The van der Waals surface area contributed by atoms with Crippen LogP contribution in [0.4, 0.5) is 5.00 Å². The monoisotopic (exact) mass is 476 g/mol. The van der Waals surface area contributed by atoms with Crippen LogP contribution >= 0.6 is 22.7 Å². The summed E-state index contributed by atoms with van der Waals surface area (Å²) >= 11 is 3.38. The molecule has 0 bridgehead atoms. The zero-order valence-electron chi connectivity index (χ0n) is 18.5. The Bertz CT molecular complexity index is 1320. The Morgan fingerprint density at radius 1 is 1.03 bits per heavy atom. The molecule has 0 aliphatic heterocycles. The van der Waals surface area contributed by atoms with E-state index >= 15 is 0 Å². The summed E-state index contributed by atoms with van der Waals surface area (Å²) < 4.78 is 11.8. The van der Waals surface area contributed by atoms with Gasteiger partial charge in [-0.1, -0.05) is 18.2 Å². The minimum atomic E-state index is -0.161. The number of nitrogens with one attached hydrogen (secondary N) is 1. The van der Waals surface area contributed by atoms with Crippen molar-refractivity contribution < 1.29 is 14.3 Å². The molecule has 4 aromatic rings. The molecule has 0 unspecified atom stereocenters. The molecule has 1 amide bonds. The van der Waals surface area contributed by atoms with Crippen molar-refractivity contribution in [2.24, 2.45) is 0 Å². The first-order chi connectivity index (χ1) is 16.2. The molecule has 2 aromatic heterocycles. The largest absolute Gasteiger partial charge is 0.493 e. The van der Waals surface area contributed by atoms with Crippen LogP contribution in [-0.2, 0) is 17.6 Å². The van der Waals surface area contributed by atoms with Crippen LogP contribution in [0, 0.1) is 0 Å². The number of thiazole rings is 1. The third kappa shape index (κ3) is 4.38. The third-order valence-corrected chi connectivity index (χ3v) is 8.01. The number of hydrogen-bond acceptors (Lipinski definition) is 6. The number of amides is 1. The molecule has 1 aliphatic rings. The molecule has 2 heterocycles. The van der Waals surface area contributed by atoms with Gasteiger partial charge in [-0.25, -0.2) is 4.98 Å².